The zero-order valence-corrected chi connectivity index (χ0v) is 11.4. The van der Waals surface area contributed by atoms with Crippen LogP contribution in [0.15, 0.2) is 16.6 Å². The number of nitriles is 1. The van der Waals surface area contributed by atoms with E-state index in [-0.39, 0.29) is 0 Å². The fraction of sp³-hybridized carbons (Fsp3) is 0.364. The first-order valence-electron chi connectivity index (χ1n) is 5.20. The zero-order chi connectivity index (χ0) is 13.1. The molecule has 0 saturated carbocycles. The lowest BCUT2D eigenvalue weighted by molar-refractivity contribution is 0.967. The summed E-state index contributed by atoms with van der Waals surface area (Å²) in [4.78, 5) is 8.40. The second-order valence-electron chi connectivity index (χ2n) is 3.00. The molecule has 7 heteroatoms. The van der Waals surface area contributed by atoms with Crippen molar-refractivity contribution in [2.75, 3.05) is 18.8 Å². The predicted octanol–water partition coefficient (Wildman–Crippen LogP) is 1.03. The maximum atomic E-state index is 8.52. The molecule has 1 aromatic heterocycles. The van der Waals surface area contributed by atoms with Crippen LogP contribution in [0.2, 0.25) is 0 Å². The number of thioether (sulfide) groups is 1. The summed E-state index contributed by atoms with van der Waals surface area (Å²) in [5.41, 5.74) is 0. The van der Waals surface area contributed by atoms with Gasteiger partial charge in [-0.3, -0.25) is 10.3 Å². The molecule has 0 unspecified atom stereocenters. The third kappa shape index (κ3) is 6.14. The molecule has 5 nitrogen and oxygen atoms in total. The molecule has 2 N–H and O–H groups in total. The van der Waals surface area contributed by atoms with Crippen LogP contribution in [0.3, 0.4) is 0 Å². The van der Waals surface area contributed by atoms with Crippen LogP contribution < -0.4 is 10.6 Å². The van der Waals surface area contributed by atoms with Crippen molar-refractivity contribution in [3.8, 4) is 18.5 Å². The van der Waals surface area contributed by atoms with Gasteiger partial charge in [-0.05, 0) is 0 Å². The number of aliphatic imine (C=N–C) groups is 1. The van der Waals surface area contributed by atoms with E-state index in [4.69, 9.17) is 11.7 Å². The standard InChI is InChI=1S/C11H13N5S2/c1-2-3-14-11(16-9-12)15-4-6-17-8-10-13-5-7-18-10/h1,5,7H,3-4,6,8H2,(H2,14,15,16). The summed E-state index contributed by atoms with van der Waals surface area (Å²) >= 11 is 3.41. The van der Waals surface area contributed by atoms with Gasteiger partial charge in [-0.1, -0.05) is 5.92 Å². The zero-order valence-electron chi connectivity index (χ0n) is 9.72. The van der Waals surface area contributed by atoms with Gasteiger partial charge in [0, 0.05) is 23.1 Å². The molecule has 0 aromatic carbocycles. The average molecular weight is 279 g/mol. The summed E-state index contributed by atoms with van der Waals surface area (Å²) in [6.45, 7) is 0.970. The van der Waals surface area contributed by atoms with E-state index in [1.165, 1.54) is 0 Å². The first-order valence-corrected chi connectivity index (χ1v) is 7.23. The van der Waals surface area contributed by atoms with E-state index in [0.29, 0.717) is 19.0 Å². The first kappa shape index (κ1) is 14.4. The monoisotopic (exact) mass is 279 g/mol. The van der Waals surface area contributed by atoms with Crippen LogP contribution in [0.1, 0.15) is 5.01 Å². The largest absolute Gasteiger partial charge is 0.345 e. The maximum absolute atomic E-state index is 8.52. The number of thiazole rings is 1. The minimum absolute atomic E-state index is 0.347. The van der Waals surface area contributed by atoms with Crippen molar-refractivity contribution in [2.45, 2.75) is 5.75 Å². The third-order valence-electron chi connectivity index (χ3n) is 1.75. The van der Waals surface area contributed by atoms with Crippen LogP contribution in [0.4, 0.5) is 0 Å². The summed E-state index contributed by atoms with van der Waals surface area (Å²) in [6, 6.07) is 0. The molecule has 0 bridgehead atoms. The van der Waals surface area contributed by atoms with E-state index in [0.717, 1.165) is 16.5 Å². The highest BCUT2D eigenvalue weighted by atomic mass is 32.2. The second-order valence-corrected chi connectivity index (χ2v) is 5.09. The molecule has 1 rings (SSSR count). The summed E-state index contributed by atoms with van der Waals surface area (Å²) in [5.74, 6) is 4.61. The predicted molar refractivity (Wildman–Crippen MR) is 76.2 cm³/mol. The molecule has 0 aliphatic heterocycles. The van der Waals surface area contributed by atoms with Gasteiger partial charge in [-0.25, -0.2) is 4.98 Å². The molecular formula is C11H13N5S2. The van der Waals surface area contributed by atoms with Crippen molar-refractivity contribution in [3.05, 3.63) is 16.6 Å². The fourth-order valence-electron chi connectivity index (χ4n) is 1.03. The number of hydrogen-bond acceptors (Lipinski definition) is 5. The Morgan fingerprint density at radius 3 is 3.22 bits per heavy atom. The van der Waals surface area contributed by atoms with Crippen molar-refractivity contribution >= 4 is 29.1 Å². The van der Waals surface area contributed by atoms with Crippen molar-refractivity contribution in [1.82, 2.24) is 15.6 Å². The minimum Gasteiger partial charge on any atom is -0.345 e. The van der Waals surface area contributed by atoms with Crippen LogP contribution >= 0.6 is 23.1 Å². The summed E-state index contributed by atoms with van der Waals surface area (Å²) in [7, 11) is 0. The Labute approximate surface area is 115 Å². The van der Waals surface area contributed by atoms with Gasteiger partial charge in [0.05, 0.1) is 13.1 Å². The highest BCUT2D eigenvalue weighted by molar-refractivity contribution is 7.98. The number of aromatic nitrogens is 1. The van der Waals surface area contributed by atoms with Gasteiger partial charge in [0.15, 0.2) is 6.19 Å². The van der Waals surface area contributed by atoms with E-state index in [2.05, 4.69) is 26.5 Å². The minimum atomic E-state index is 0.347. The molecule has 1 heterocycles. The Balaban J connectivity index is 2.20. The van der Waals surface area contributed by atoms with Crippen molar-refractivity contribution in [3.63, 3.8) is 0 Å². The van der Waals surface area contributed by atoms with Gasteiger partial charge in [0.1, 0.15) is 5.01 Å². The Bertz CT molecular complexity index is 441. The SMILES string of the molecule is C#CCN/C(=N/CCSCc1nccs1)NC#N. The molecule has 18 heavy (non-hydrogen) atoms. The van der Waals surface area contributed by atoms with Gasteiger partial charge in [0.2, 0.25) is 5.96 Å². The lowest BCUT2D eigenvalue weighted by Crippen LogP contribution is -2.34. The van der Waals surface area contributed by atoms with Gasteiger partial charge >= 0.3 is 0 Å². The van der Waals surface area contributed by atoms with Crippen LogP contribution in [0.5, 0.6) is 0 Å². The second kappa shape index (κ2) is 9.34. The number of hydrogen-bond donors (Lipinski definition) is 2. The number of terminal acetylenes is 1. The smallest absolute Gasteiger partial charge is 0.205 e. The molecule has 94 valence electrons. The topological polar surface area (TPSA) is 73.1 Å². The molecule has 0 atom stereocenters. The molecule has 0 saturated heterocycles. The summed E-state index contributed by atoms with van der Waals surface area (Å²) in [6.07, 6.45) is 8.73. The third-order valence-corrected chi connectivity index (χ3v) is 3.66. The molecule has 0 amide bonds. The molecule has 1 aromatic rings. The molecule has 0 spiro atoms. The van der Waals surface area contributed by atoms with Crippen LogP contribution in [-0.4, -0.2) is 29.8 Å². The quantitative estimate of drug-likeness (QED) is 0.203. The Kier molecular flexibility index (Phi) is 7.45. The highest BCUT2D eigenvalue weighted by Gasteiger charge is 1.97. The molecule has 0 fully saturated rings. The van der Waals surface area contributed by atoms with Crippen LogP contribution in [0, 0.1) is 23.8 Å². The number of guanidine groups is 1. The lowest BCUT2D eigenvalue weighted by atomic mass is 10.6. The van der Waals surface area contributed by atoms with E-state index in [1.807, 2.05) is 11.6 Å². The number of nitrogens with zero attached hydrogens (tertiary/aromatic N) is 3. The summed E-state index contributed by atoms with van der Waals surface area (Å²) in [5, 5.41) is 16.9. The van der Waals surface area contributed by atoms with Crippen LogP contribution in [-0.2, 0) is 5.75 Å². The van der Waals surface area contributed by atoms with Crippen molar-refractivity contribution in [2.24, 2.45) is 4.99 Å². The van der Waals surface area contributed by atoms with Gasteiger partial charge < -0.3 is 5.32 Å². The van der Waals surface area contributed by atoms with Crippen molar-refractivity contribution < 1.29 is 0 Å². The molecule has 0 radical (unpaired) electrons. The van der Waals surface area contributed by atoms with Crippen LogP contribution in [0.25, 0.3) is 0 Å². The lowest BCUT2D eigenvalue weighted by Gasteiger charge is -2.04. The molecular weight excluding hydrogens is 266 g/mol. The van der Waals surface area contributed by atoms with Gasteiger partial charge in [-0.15, -0.1) is 17.8 Å². The van der Waals surface area contributed by atoms with E-state index in [1.54, 1.807) is 29.3 Å². The average Bonchev–Trinajstić information content (AvgIpc) is 2.88. The highest BCUT2D eigenvalue weighted by Crippen LogP contribution is 2.13. The Hall–Kier alpha value is -1.70. The molecule has 0 aliphatic rings. The first-order chi connectivity index (χ1) is 8.86. The van der Waals surface area contributed by atoms with Gasteiger partial charge in [-0.2, -0.15) is 17.0 Å². The Morgan fingerprint density at radius 1 is 1.67 bits per heavy atom. The van der Waals surface area contributed by atoms with E-state index < -0.39 is 0 Å². The van der Waals surface area contributed by atoms with E-state index >= 15 is 0 Å². The van der Waals surface area contributed by atoms with E-state index in [9.17, 15) is 0 Å². The van der Waals surface area contributed by atoms with Gasteiger partial charge in [0.25, 0.3) is 0 Å². The number of nitrogens with one attached hydrogen (secondary N) is 2. The maximum Gasteiger partial charge on any atom is 0.205 e. The Morgan fingerprint density at radius 2 is 2.56 bits per heavy atom. The van der Waals surface area contributed by atoms with Crippen molar-refractivity contribution in [1.29, 1.82) is 5.26 Å². The fourth-order valence-corrected chi connectivity index (χ4v) is 2.57. The summed E-state index contributed by atoms with van der Waals surface area (Å²) < 4.78 is 0. The molecule has 0 aliphatic carbocycles. The number of rotatable bonds is 6. The normalized spacial score (nSPS) is 10.4.